The molecule has 1 aliphatic rings. The van der Waals surface area contributed by atoms with Crippen molar-refractivity contribution in [2.24, 2.45) is 0 Å². The van der Waals surface area contributed by atoms with Crippen LogP contribution in [0.4, 0.5) is 11.4 Å². The minimum Gasteiger partial charge on any atom is -0.361 e. The van der Waals surface area contributed by atoms with Crippen molar-refractivity contribution in [1.82, 2.24) is 5.16 Å². The molecule has 120 valence electrons. The molecule has 0 radical (unpaired) electrons. The largest absolute Gasteiger partial charge is 0.361 e. The van der Waals surface area contributed by atoms with Crippen LogP contribution in [0.5, 0.6) is 0 Å². The Balaban J connectivity index is 1.74. The predicted molar refractivity (Wildman–Crippen MR) is 86.6 cm³/mol. The standard InChI is InChI=1S/C17H19N3O3/c1-3-14-16(11(2)23-19-14)17(22)18-12-6-8-13(9-7-12)20-10-4-5-15(20)21/h6-9H,3-5,10H2,1-2H3,(H,18,22). The summed E-state index contributed by atoms with van der Waals surface area (Å²) in [7, 11) is 0. The first-order valence-electron chi connectivity index (χ1n) is 7.77. The zero-order valence-electron chi connectivity index (χ0n) is 13.3. The summed E-state index contributed by atoms with van der Waals surface area (Å²) in [6, 6.07) is 7.29. The third-order valence-electron chi connectivity index (χ3n) is 4.01. The minimum absolute atomic E-state index is 0.148. The lowest BCUT2D eigenvalue weighted by Crippen LogP contribution is -2.23. The highest BCUT2D eigenvalue weighted by Gasteiger charge is 2.22. The maximum Gasteiger partial charge on any atom is 0.261 e. The lowest BCUT2D eigenvalue weighted by Gasteiger charge is -2.16. The van der Waals surface area contributed by atoms with Gasteiger partial charge in [-0.3, -0.25) is 9.59 Å². The summed E-state index contributed by atoms with van der Waals surface area (Å²) in [5.74, 6) is 0.429. The number of hydrogen-bond acceptors (Lipinski definition) is 4. The Labute approximate surface area is 134 Å². The van der Waals surface area contributed by atoms with Crippen LogP contribution in [-0.4, -0.2) is 23.5 Å². The summed E-state index contributed by atoms with van der Waals surface area (Å²) in [5, 5.41) is 6.74. The van der Waals surface area contributed by atoms with Gasteiger partial charge in [0.25, 0.3) is 5.91 Å². The Bertz CT molecular complexity index is 734. The highest BCUT2D eigenvalue weighted by Crippen LogP contribution is 2.24. The first-order valence-corrected chi connectivity index (χ1v) is 7.77. The molecule has 2 aromatic rings. The SMILES string of the molecule is CCc1noc(C)c1C(=O)Nc1ccc(N2CCCC2=O)cc1. The second-order valence-corrected chi connectivity index (χ2v) is 5.56. The number of amides is 2. The summed E-state index contributed by atoms with van der Waals surface area (Å²) < 4.78 is 5.09. The number of hydrogen-bond donors (Lipinski definition) is 1. The fraction of sp³-hybridized carbons (Fsp3) is 0.353. The molecule has 1 N–H and O–H groups in total. The van der Waals surface area contributed by atoms with E-state index in [1.165, 1.54) is 0 Å². The number of aryl methyl sites for hydroxylation is 2. The van der Waals surface area contributed by atoms with Crippen LogP contribution in [0.1, 0.15) is 41.6 Å². The van der Waals surface area contributed by atoms with E-state index in [2.05, 4.69) is 10.5 Å². The summed E-state index contributed by atoms with van der Waals surface area (Å²) >= 11 is 0. The van der Waals surface area contributed by atoms with Crippen molar-refractivity contribution >= 4 is 23.2 Å². The minimum atomic E-state index is -0.231. The number of nitrogens with one attached hydrogen (secondary N) is 1. The van der Waals surface area contributed by atoms with E-state index in [9.17, 15) is 9.59 Å². The number of aromatic nitrogens is 1. The van der Waals surface area contributed by atoms with Crippen LogP contribution in [0.3, 0.4) is 0 Å². The monoisotopic (exact) mass is 313 g/mol. The molecule has 0 aliphatic carbocycles. The van der Waals surface area contributed by atoms with Gasteiger partial charge in [-0.2, -0.15) is 0 Å². The molecule has 1 aliphatic heterocycles. The zero-order valence-corrected chi connectivity index (χ0v) is 13.3. The predicted octanol–water partition coefficient (Wildman–Crippen LogP) is 2.92. The van der Waals surface area contributed by atoms with Gasteiger partial charge in [-0.15, -0.1) is 0 Å². The second-order valence-electron chi connectivity index (χ2n) is 5.56. The fourth-order valence-electron chi connectivity index (χ4n) is 2.79. The van der Waals surface area contributed by atoms with E-state index in [1.54, 1.807) is 24.0 Å². The van der Waals surface area contributed by atoms with Gasteiger partial charge < -0.3 is 14.7 Å². The first-order chi connectivity index (χ1) is 11.1. The number of nitrogens with zero attached hydrogens (tertiary/aromatic N) is 2. The average molecular weight is 313 g/mol. The van der Waals surface area contributed by atoms with Gasteiger partial charge >= 0.3 is 0 Å². The molecule has 1 aromatic heterocycles. The molecule has 1 saturated heterocycles. The molecule has 23 heavy (non-hydrogen) atoms. The molecule has 0 atom stereocenters. The van der Waals surface area contributed by atoms with Gasteiger partial charge in [-0.05, 0) is 44.0 Å². The highest BCUT2D eigenvalue weighted by molar-refractivity contribution is 6.05. The smallest absolute Gasteiger partial charge is 0.261 e. The fourth-order valence-corrected chi connectivity index (χ4v) is 2.79. The van der Waals surface area contributed by atoms with Crippen molar-refractivity contribution in [3.63, 3.8) is 0 Å². The van der Waals surface area contributed by atoms with Crippen molar-refractivity contribution in [3.8, 4) is 0 Å². The van der Waals surface area contributed by atoms with Crippen LogP contribution >= 0.6 is 0 Å². The molecule has 2 amide bonds. The Kier molecular flexibility index (Phi) is 4.14. The van der Waals surface area contributed by atoms with E-state index in [4.69, 9.17) is 4.52 Å². The number of carbonyl (C=O) groups is 2. The Morgan fingerprint density at radius 2 is 2.09 bits per heavy atom. The third kappa shape index (κ3) is 2.97. The van der Waals surface area contributed by atoms with E-state index >= 15 is 0 Å². The third-order valence-corrected chi connectivity index (χ3v) is 4.01. The van der Waals surface area contributed by atoms with Crippen molar-refractivity contribution in [1.29, 1.82) is 0 Å². The van der Waals surface area contributed by atoms with Gasteiger partial charge in [-0.25, -0.2) is 0 Å². The van der Waals surface area contributed by atoms with Gasteiger partial charge in [0, 0.05) is 24.3 Å². The van der Waals surface area contributed by atoms with Crippen LogP contribution in [0, 0.1) is 6.92 Å². The second kappa shape index (κ2) is 6.24. The molecule has 0 unspecified atom stereocenters. The Hall–Kier alpha value is -2.63. The molecule has 1 fully saturated rings. The van der Waals surface area contributed by atoms with E-state index in [-0.39, 0.29) is 11.8 Å². The first kappa shape index (κ1) is 15.3. The zero-order chi connectivity index (χ0) is 16.4. The van der Waals surface area contributed by atoms with E-state index in [0.717, 1.165) is 18.7 Å². The van der Waals surface area contributed by atoms with Crippen molar-refractivity contribution in [3.05, 3.63) is 41.3 Å². The van der Waals surface area contributed by atoms with Crippen LogP contribution in [0.2, 0.25) is 0 Å². The normalized spacial score (nSPS) is 14.3. The van der Waals surface area contributed by atoms with Gasteiger partial charge in [0.05, 0.1) is 5.69 Å². The number of anilines is 2. The molecular weight excluding hydrogens is 294 g/mol. The number of benzene rings is 1. The van der Waals surface area contributed by atoms with Gasteiger partial charge in [0.15, 0.2) is 0 Å². The number of carbonyl (C=O) groups excluding carboxylic acids is 2. The van der Waals surface area contributed by atoms with E-state index in [0.29, 0.717) is 35.5 Å². The molecule has 2 heterocycles. The van der Waals surface area contributed by atoms with Crippen LogP contribution < -0.4 is 10.2 Å². The molecule has 3 rings (SSSR count). The van der Waals surface area contributed by atoms with Gasteiger partial charge in [0.2, 0.25) is 5.91 Å². The average Bonchev–Trinajstić information content (AvgIpc) is 3.13. The highest BCUT2D eigenvalue weighted by atomic mass is 16.5. The summed E-state index contributed by atoms with van der Waals surface area (Å²) in [6.45, 7) is 4.41. The van der Waals surface area contributed by atoms with Crippen LogP contribution in [0.25, 0.3) is 0 Å². The van der Waals surface area contributed by atoms with Crippen molar-refractivity contribution in [2.45, 2.75) is 33.1 Å². The van der Waals surface area contributed by atoms with Crippen molar-refractivity contribution < 1.29 is 14.1 Å². The molecule has 0 saturated carbocycles. The molecule has 0 bridgehead atoms. The lowest BCUT2D eigenvalue weighted by atomic mass is 10.1. The van der Waals surface area contributed by atoms with Crippen LogP contribution in [-0.2, 0) is 11.2 Å². The van der Waals surface area contributed by atoms with E-state index in [1.807, 2.05) is 19.1 Å². The maximum atomic E-state index is 12.4. The lowest BCUT2D eigenvalue weighted by molar-refractivity contribution is -0.117. The number of rotatable bonds is 4. The Morgan fingerprint density at radius 1 is 1.35 bits per heavy atom. The van der Waals surface area contributed by atoms with Crippen LogP contribution in [0.15, 0.2) is 28.8 Å². The van der Waals surface area contributed by atoms with Gasteiger partial charge in [0.1, 0.15) is 11.3 Å². The summed E-state index contributed by atoms with van der Waals surface area (Å²) in [4.78, 5) is 25.9. The summed E-state index contributed by atoms with van der Waals surface area (Å²) in [5.41, 5.74) is 2.68. The Morgan fingerprint density at radius 3 is 2.70 bits per heavy atom. The van der Waals surface area contributed by atoms with Crippen molar-refractivity contribution in [2.75, 3.05) is 16.8 Å². The maximum absolute atomic E-state index is 12.4. The molecule has 0 spiro atoms. The molecule has 6 heteroatoms. The summed E-state index contributed by atoms with van der Waals surface area (Å²) in [6.07, 6.45) is 2.13. The topological polar surface area (TPSA) is 75.4 Å². The molecule has 6 nitrogen and oxygen atoms in total. The quantitative estimate of drug-likeness (QED) is 0.941. The molecular formula is C17H19N3O3. The molecule has 1 aromatic carbocycles. The van der Waals surface area contributed by atoms with E-state index < -0.39 is 0 Å². The van der Waals surface area contributed by atoms with Gasteiger partial charge in [-0.1, -0.05) is 12.1 Å².